The number of nitro benzene ring substituents is 1. The summed E-state index contributed by atoms with van der Waals surface area (Å²) in [6.45, 7) is 8.86. The molecule has 1 unspecified atom stereocenters. The second-order valence-electron chi connectivity index (χ2n) is 10.2. The standard InChI is InChI=1S/C25H31N3O7/c1-15-18(13-20(34-15)24(2,3)4)21(29)22-25(8-10-26-11-9-25)35-23(30)27(22)14-16-12-17(28(31)32)6-7-19(16)33-5/h6-7,12-13,22,26H,8-11,14H2,1-5H3. The zero-order chi connectivity index (χ0) is 25.5. The van der Waals surface area contributed by atoms with E-state index in [0.29, 0.717) is 54.3 Å². The van der Waals surface area contributed by atoms with Gasteiger partial charge in [-0.25, -0.2) is 4.79 Å². The summed E-state index contributed by atoms with van der Waals surface area (Å²) in [5.74, 6) is 1.28. The first kappa shape index (κ1) is 24.7. The molecule has 2 aromatic rings. The van der Waals surface area contributed by atoms with Crippen LogP contribution in [0, 0.1) is 17.0 Å². The number of Topliss-reactive ketones (excluding diaryl/α,β-unsaturated/α-hetero) is 1. The van der Waals surface area contributed by atoms with E-state index in [2.05, 4.69) is 5.32 Å². The summed E-state index contributed by atoms with van der Waals surface area (Å²) in [5, 5.41) is 14.6. The molecule has 0 aliphatic carbocycles. The zero-order valence-electron chi connectivity index (χ0n) is 20.7. The number of carbonyl (C=O) groups excluding carboxylic acids is 2. The summed E-state index contributed by atoms with van der Waals surface area (Å²) in [7, 11) is 1.45. The van der Waals surface area contributed by atoms with Crippen molar-refractivity contribution < 1.29 is 28.4 Å². The third-order valence-electron chi connectivity index (χ3n) is 6.77. The second-order valence-corrected chi connectivity index (χ2v) is 10.2. The molecule has 10 heteroatoms. The van der Waals surface area contributed by atoms with E-state index in [4.69, 9.17) is 13.9 Å². The number of nitro groups is 1. The van der Waals surface area contributed by atoms with Crippen LogP contribution in [0.5, 0.6) is 5.75 Å². The molecule has 3 heterocycles. The summed E-state index contributed by atoms with van der Waals surface area (Å²) < 4.78 is 17.2. The van der Waals surface area contributed by atoms with Crippen LogP contribution in [-0.4, -0.2) is 53.5 Å². The third-order valence-corrected chi connectivity index (χ3v) is 6.77. The second kappa shape index (κ2) is 8.99. The molecule has 2 saturated heterocycles. The van der Waals surface area contributed by atoms with Crippen LogP contribution in [0.2, 0.25) is 0 Å². The molecule has 188 valence electrons. The number of carbonyl (C=O) groups is 2. The minimum Gasteiger partial charge on any atom is -0.496 e. The highest BCUT2D eigenvalue weighted by Gasteiger charge is 2.58. The largest absolute Gasteiger partial charge is 0.496 e. The Bertz CT molecular complexity index is 1160. The van der Waals surface area contributed by atoms with Crippen LogP contribution in [-0.2, 0) is 16.7 Å². The van der Waals surface area contributed by atoms with Crippen LogP contribution in [0.3, 0.4) is 0 Å². The molecular formula is C25H31N3O7. The first-order valence-electron chi connectivity index (χ1n) is 11.6. The molecule has 1 atom stereocenters. The smallest absolute Gasteiger partial charge is 0.411 e. The Hall–Kier alpha value is -3.40. The third kappa shape index (κ3) is 4.50. The van der Waals surface area contributed by atoms with Crippen LogP contribution in [0.15, 0.2) is 28.7 Å². The van der Waals surface area contributed by atoms with Gasteiger partial charge >= 0.3 is 6.09 Å². The van der Waals surface area contributed by atoms with Gasteiger partial charge in [-0.05, 0) is 32.1 Å². The fourth-order valence-electron chi connectivity index (χ4n) is 4.87. The van der Waals surface area contributed by atoms with Gasteiger partial charge in [-0.15, -0.1) is 0 Å². The highest BCUT2D eigenvalue weighted by atomic mass is 16.6. The number of ether oxygens (including phenoxy) is 2. The molecule has 1 N–H and O–H groups in total. The van der Waals surface area contributed by atoms with Crippen molar-refractivity contribution >= 4 is 17.6 Å². The van der Waals surface area contributed by atoms with Crippen molar-refractivity contribution in [1.82, 2.24) is 10.2 Å². The minimum absolute atomic E-state index is 0.0711. The van der Waals surface area contributed by atoms with E-state index in [-0.39, 0.29) is 23.4 Å². The van der Waals surface area contributed by atoms with Crippen molar-refractivity contribution in [2.45, 2.75) is 64.1 Å². The number of methoxy groups -OCH3 is 1. The van der Waals surface area contributed by atoms with E-state index in [1.807, 2.05) is 20.8 Å². The van der Waals surface area contributed by atoms with Gasteiger partial charge in [-0.2, -0.15) is 0 Å². The summed E-state index contributed by atoms with van der Waals surface area (Å²) in [5.41, 5.74) is -0.602. The maximum Gasteiger partial charge on any atom is 0.411 e. The number of benzene rings is 1. The van der Waals surface area contributed by atoms with E-state index in [1.54, 1.807) is 13.0 Å². The Kier molecular flexibility index (Phi) is 6.35. The fraction of sp³-hybridized carbons (Fsp3) is 0.520. The lowest BCUT2D eigenvalue weighted by molar-refractivity contribution is -0.384. The van der Waals surface area contributed by atoms with E-state index >= 15 is 0 Å². The summed E-state index contributed by atoms with van der Waals surface area (Å²) in [6, 6.07) is 5.03. The molecule has 10 nitrogen and oxygen atoms in total. The van der Waals surface area contributed by atoms with Gasteiger partial charge in [-0.3, -0.25) is 19.8 Å². The lowest BCUT2D eigenvalue weighted by Crippen LogP contribution is -2.55. The normalized spacial score (nSPS) is 19.6. The van der Waals surface area contributed by atoms with Crippen LogP contribution >= 0.6 is 0 Å². The van der Waals surface area contributed by atoms with Crippen molar-refractivity contribution in [3.8, 4) is 5.75 Å². The van der Waals surface area contributed by atoms with Gasteiger partial charge in [0, 0.05) is 36.0 Å². The molecule has 1 aromatic carbocycles. The van der Waals surface area contributed by atoms with Gasteiger partial charge in [-0.1, -0.05) is 20.8 Å². The predicted octanol–water partition coefficient (Wildman–Crippen LogP) is 4.13. The summed E-state index contributed by atoms with van der Waals surface area (Å²) >= 11 is 0. The van der Waals surface area contributed by atoms with Gasteiger partial charge in [0.2, 0.25) is 0 Å². The Morgan fingerprint density at radius 3 is 2.54 bits per heavy atom. The topological polar surface area (TPSA) is 124 Å². The van der Waals surface area contributed by atoms with Crippen LogP contribution in [0.4, 0.5) is 10.5 Å². The van der Waals surface area contributed by atoms with Crippen molar-refractivity contribution in [1.29, 1.82) is 0 Å². The Labute approximate surface area is 203 Å². The average Bonchev–Trinajstić information content (AvgIpc) is 3.31. The molecule has 1 spiro atoms. The lowest BCUT2D eigenvalue weighted by Gasteiger charge is -2.37. The number of ketones is 1. The van der Waals surface area contributed by atoms with Gasteiger partial charge in [0.15, 0.2) is 5.78 Å². The lowest BCUT2D eigenvalue weighted by atomic mass is 9.80. The maximum atomic E-state index is 14.1. The monoisotopic (exact) mass is 485 g/mol. The summed E-state index contributed by atoms with van der Waals surface area (Å²) in [4.78, 5) is 39.5. The number of nitrogens with zero attached hydrogens (tertiary/aromatic N) is 2. The number of furan rings is 1. The van der Waals surface area contributed by atoms with Gasteiger partial charge < -0.3 is 19.2 Å². The minimum atomic E-state index is -1.00. The summed E-state index contributed by atoms with van der Waals surface area (Å²) in [6.07, 6.45) is 0.317. The van der Waals surface area contributed by atoms with Crippen molar-refractivity contribution in [2.75, 3.05) is 20.2 Å². The molecule has 0 saturated carbocycles. The molecule has 2 aliphatic heterocycles. The van der Waals surface area contributed by atoms with E-state index in [1.165, 1.54) is 30.2 Å². The molecule has 1 amide bonds. The maximum absolute atomic E-state index is 14.1. The molecule has 2 fully saturated rings. The predicted molar refractivity (Wildman–Crippen MR) is 127 cm³/mol. The van der Waals surface area contributed by atoms with Crippen LogP contribution in [0.25, 0.3) is 0 Å². The molecule has 35 heavy (non-hydrogen) atoms. The number of nitrogens with one attached hydrogen (secondary N) is 1. The Morgan fingerprint density at radius 1 is 1.29 bits per heavy atom. The number of aryl methyl sites for hydroxylation is 1. The fourth-order valence-corrected chi connectivity index (χ4v) is 4.87. The zero-order valence-corrected chi connectivity index (χ0v) is 20.7. The van der Waals surface area contributed by atoms with E-state index in [0.717, 1.165) is 0 Å². The number of non-ortho nitro benzene ring substituents is 1. The van der Waals surface area contributed by atoms with E-state index < -0.39 is 22.7 Å². The Morgan fingerprint density at radius 2 is 1.97 bits per heavy atom. The van der Waals surface area contributed by atoms with E-state index in [9.17, 15) is 19.7 Å². The molecule has 1 aromatic heterocycles. The molecule has 0 radical (unpaired) electrons. The molecular weight excluding hydrogens is 454 g/mol. The molecule has 4 rings (SSSR count). The van der Waals surface area contributed by atoms with Gasteiger partial charge in [0.1, 0.15) is 28.9 Å². The Balaban J connectivity index is 1.78. The van der Waals surface area contributed by atoms with Crippen LogP contribution in [0.1, 0.15) is 61.1 Å². The number of amides is 1. The van der Waals surface area contributed by atoms with Gasteiger partial charge in [0.25, 0.3) is 5.69 Å². The molecule has 0 bridgehead atoms. The SMILES string of the molecule is COc1ccc([N+](=O)[O-])cc1CN1C(=O)OC2(CCNCC2)C1C(=O)c1cc(C(C)(C)C)oc1C. The first-order chi connectivity index (χ1) is 16.5. The van der Waals surface area contributed by atoms with Gasteiger partial charge in [0.05, 0.1) is 24.1 Å². The highest BCUT2D eigenvalue weighted by molar-refractivity contribution is 6.04. The average molecular weight is 486 g/mol. The number of piperidine rings is 1. The number of rotatable bonds is 6. The number of hydrogen-bond acceptors (Lipinski definition) is 8. The van der Waals surface area contributed by atoms with Crippen LogP contribution < -0.4 is 10.1 Å². The first-order valence-corrected chi connectivity index (χ1v) is 11.6. The van der Waals surface area contributed by atoms with Crippen molar-refractivity contribution in [3.05, 3.63) is 57.0 Å². The highest BCUT2D eigenvalue weighted by Crippen LogP contribution is 2.41. The molecule has 2 aliphatic rings. The van der Waals surface area contributed by atoms with Crippen molar-refractivity contribution in [2.24, 2.45) is 0 Å². The number of hydrogen-bond donors (Lipinski definition) is 1. The van der Waals surface area contributed by atoms with Crippen molar-refractivity contribution in [3.63, 3.8) is 0 Å². The quantitative estimate of drug-likeness (QED) is 0.368.